The van der Waals surface area contributed by atoms with E-state index in [9.17, 15) is 0 Å². The Hall–Kier alpha value is -2.94. The van der Waals surface area contributed by atoms with Crippen LogP contribution < -0.4 is 15.5 Å². The van der Waals surface area contributed by atoms with Crippen molar-refractivity contribution in [2.75, 3.05) is 41.8 Å². The number of hydrogen-bond donors (Lipinski definition) is 1. The molecule has 7 nitrogen and oxygen atoms in total. The third-order valence-electron chi connectivity index (χ3n) is 9.13. The van der Waals surface area contributed by atoms with Crippen LogP contribution in [0.5, 0.6) is 0 Å². The smallest absolute Gasteiger partial charge is 0.192 e. The maximum absolute atomic E-state index is 6.75. The number of morpholine rings is 1. The van der Waals surface area contributed by atoms with Gasteiger partial charge in [0.2, 0.25) is 0 Å². The minimum Gasteiger partial charge on any atom is -0.409 e. The van der Waals surface area contributed by atoms with Gasteiger partial charge in [-0.25, -0.2) is 9.97 Å². The molecule has 214 valence electrons. The average Bonchev–Trinajstić information content (AvgIpc) is 3.14. The normalized spacial score (nSPS) is 19.1. The van der Waals surface area contributed by atoms with E-state index in [1.54, 1.807) is 0 Å². The van der Waals surface area contributed by atoms with E-state index in [2.05, 4.69) is 112 Å². The number of benzene rings is 2. The van der Waals surface area contributed by atoms with Gasteiger partial charge in [0.05, 0.1) is 19.8 Å². The zero-order valence-corrected chi connectivity index (χ0v) is 26.2. The predicted molar refractivity (Wildman–Crippen MR) is 167 cm³/mol. The molecule has 1 aromatic heterocycles. The Morgan fingerprint density at radius 2 is 1.60 bits per heavy atom. The highest BCUT2D eigenvalue weighted by atomic mass is 28.4. The van der Waals surface area contributed by atoms with Gasteiger partial charge >= 0.3 is 0 Å². The number of nitrogen functional groups attached to an aromatic ring is 1. The molecule has 1 unspecified atom stereocenters. The highest BCUT2D eigenvalue weighted by Gasteiger charge is 2.48. The van der Waals surface area contributed by atoms with E-state index in [-0.39, 0.29) is 16.5 Å². The molecule has 0 radical (unpaired) electrons. The maximum Gasteiger partial charge on any atom is 0.192 e. The molecule has 5 rings (SSSR count). The van der Waals surface area contributed by atoms with Gasteiger partial charge in [-0.1, -0.05) is 65.0 Å². The summed E-state index contributed by atoms with van der Waals surface area (Å²) in [5.74, 6) is 2.09. The molecule has 3 aromatic rings. The Morgan fingerprint density at radius 3 is 2.23 bits per heavy atom. The van der Waals surface area contributed by atoms with E-state index in [0.29, 0.717) is 18.2 Å². The summed E-state index contributed by atoms with van der Waals surface area (Å²) in [7, 11) is -1.98. The zero-order chi connectivity index (χ0) is 28.7. The lowest BCUT2D eigenvalue weighted by molar-refractivity contribution is 0.122. The molecule has 1 saturated heterocycles. The Balaban J connectivity index is 1.54. The molecular weight excluding hydrogens is 514 g/mol. The van der Waals surface area contributed by atoms with Crippen LogP contribution in [0.3, 0.4) is 0 Å². The molecule has 0 aliphatic carbocycles. The van der Waals surface area contributed by atoms with Crippen LogP contribution in [0.4, 0.5) is 23.0 Å². The largest absolute Gasteiger partial charge is 0.409 e. The number of nitrogens with two attached hydrogens (primary N) is 1. The second kappa shape index (κ2) is 10.8. The topological polar surface area (TPSA) is 76.7 Å². The number of rotatable bonds is 7. The summed E-state index contributed by atoms with van der Waals surface area (Å²) in [5.41, 5.74) is 11.1. The van der Waals surface area contributed by atoms with Gasteiger partial charge in [0.15, 0.2) is 14.1 Å². The molecule has 2 N–H and O–H groups in total. The average molecular weight is 560 g/mol. The number of fused-ring (bicyclic) bond motifs is 1. The first kappa shape index (κ1) is 28.6. The molecule has 0 saturated carbocycles. The number of ether oxygens (including phenoxy) is 1. The molecule has 2 aliphatic heterocycles. The molecular formula is C32H45N5O2Si. The SMILES string of the molecule is CC1(C)c2c(N)nc(CO[Si](C)(C)C(C)(C)C)nc2N(c2ccc(N3CCOCC3)cc2)C1Cc1ccccc1. The first-order valence-electron chi connectivity index (χ1n) is 14.5. The van der Waals surface area contributed by atoms with E-state index in [0.717, 1.165) is 49.8 Å². The predicted octanol–water partition coefficient (Wildman–Crippen LogP) is 6.46. The van der Waals surface area contributed by atoms with Crippen molar-refractivity contribution in [3.63, 3.8) is 0 Å². The second-order valence-corrected chi connectivity index (χ2v) is 18.0. The van der Waals surface area contributed by atoms with E-state index < -0.39 is 8.32 Å². The molecule has 40 heavy (non-hydrogen) atoms. The van der Waals surface area contributed by atoms with Crippen molar-refractivity contribution >= 4 is 31.3 Å². The van der Waals surface area contributed by atoms with Gasteiger partial charge < -0.3 is 24.7 Å². The van der Waals surface area contributed by atoms with Crippen LogP contribution >= 0.6 is 0 Å². The molecule has 1 fully saturated rings. The quantitative estimate of drug-likeness (QED) is 0.333. The Labute approximate surface area is 240 Å². The lowest BCUT2D eigenvalue weighted by Crippen LogP contribution is -2.41. The molecule has 1 atom stereocenters. The van der Waals surface area contributed by atoms with Crippen LogP contribution in [0.25, 0.3) is 0 Å². The number of aromatic nitrogens is 2. The molecule has 2 aromatic carbocycles. The van der Waals surface area contributed by atoms with Gasteiger partial charge in [0.1, 0.15) is 11.6 Å². The summed E-state index contributed by atoms with van der Waals surface area (Å²) >= 11 is 0. The van der Waals surface area contributed by atoms with Crippen molar-refractivity contribution < 1.29 is 9.16 Å². The standard InChI is InChI=1S/C32H45N5O2Si/c1-31(2,3)40(6,7)39-22-27-34-29(33)28-30(35-27)37(26(32(28,4)5)21-23-11-9-8-10-12-23)25-15-13-24(14-16-25)36-17-19-38-20-18-36/h8-16,26H,17-22H2,1-7H3,(H2,33,34,35). The zero-order valence-electron chi connectivity index (χ0n) is 25.2. The number of hydrogen-bond acceptors (Lipinski definition) is 7. The molecule has 0 spiro atoms. The van der Waals surface area contributed by atoms with E-state index in [1.165, 1.54) is 11.3 Å². The Bertz CT molecular complexity index is 1320. The first-order chi connectivity index (χ1) is 18.9. The van der Waals surface area contributed by atoms with Crippen molar-refractivity contribution in [3.8, 4) is 0 Å². The summed E-state index contributed by atoms with van der Waals surface area (Å²) < 4.78 is 12.1. The van der Waals surface area contributed by atoms with Gasteiger partial charge in [-0.15, -0.1) is 0 Å². The maximum atomic E-state index is 6.75. The summed E-state index contributed by atoms with van der Waals surface area (Å²) in [6.45, 7) is 19.5. The van der Waals surface area contributed by atoms with E-state index in [1.807, 2.05) is 0 Å². The van der Waals surface area contributed by atoms with Crippen molar-refractivity contribution in [2.24, 2.45) is 0 Å². The van der Waals surface area contributed by atoms with Gasteiger partial charge in [-0.05, 0) is 54.4 Å². The fourth-order valence-electron chi connectivity index (χ4n) is 5.60. The molecule has 0 amide bonds. The van der Waals surface area contributed by atoms with Gasteiger partial charge in [-0.3, -0.25) is 0 Å². The van der Waals surface area contributed by atoms with Crippen molar-refractivity contribution in [1.82, 2.24) is 9.97 Å². The van der Waals surface area contributed by atoms with Crippen LogP contribution in [-0.4, -0.2) is 50.6 Å². The molecule has 8 heteroatoms. The van der Waals surface area contributed by atoms with E-state index >= 15 is 0 Å². The highest BCUT2D eigenvalue weighted by molar-refractivity contribution is 6.74. The third-order valence-corrected chi connectivity index (χ3v) is 13.6. The third kappa shape index (κ3) is 5.49. The minimum atomic E-state index is -1.98. The van der Waals surface area contributed by atoms with Gasteiger partial charge in [0.25, 0.3) is 0 Å². The van der Waals surface area contributed by atoms with Crippen LogP contribution in [-0.2, 0) is 27.6 Å². The highest BCUT2D eigenvalue weighted by Crippen LogP contribution is 2.51. The monoisotopic (exact) mass is 559 g/mol. The van der Waals surface area contributed by atoms with E-state index in [4.69, 9.17) is 24.9 Å². The number of anilines is 4. The summed E-state index contributed by atoms with van der Waals surface area (Å²) in [5, 5.41) is 0.103. The molecule has 2 aliphatic rings. The van der Waals surface area contributed by atoms with Crippen LogP contribution in [0.1, 0.15) is 51.6 Å². The number of nitrogens with zero attached hydrogens (tertiary/aromatic N) is 4. The van der Waals surface area contributed by atoms with Crippen molar-refractivity contribution in [1.29, 1.82) is 0 Å². The van der Waals surface area contributed by atoms with Gasteiger partial charge in [-0.2, -0.15) is 0 Å². The summed E-state index contributed by atoms with van der Waals surface area (Å²) in [6, 6.07) is 19.7. The first-order valence-corrected chi connectivity index (χ1v) is 17.4. The van der Waals surface area contributed by atoms with Gasteiger partial charge in [0, 0.05) is 41.5 Å². The lowest BCUT2D eigenvalue weighted by atomic mass is 9.78. The summed E-state index contributed by atoms with van der Waals surface area (Å²) in [6.07, 6.45) is 0.866. The second-order valence-electron chi connectivity index (χ2n) is 13.2. The minimum absolute atomic E-state index is 0.103. The summed E-state index contributed by atoms with van der Waals surface area (Å²) in [4.78, 5) is 14.7. The Morgan fingerprint density at radius 1 is 0.975 bits per heavy atom. The fourth-order valence-corrected chi connectivity index (χ4v) is 6.52. The van der Waals surface area contributed by atoms with Crippen LogP contribution in [0, 0.1) is 0 Å². The lowest BCUT2D eigenvalue weighted by Gasteiger charge is -2.36. The fraction of sp³-hybridized carbons (Fsp3) is 0.500. The Kier molecular flexibility index (Phi) is 7.72. The van der Waals surface area contributed by atoms with Crippen molar-refractivity contribution in [2.45, 2.75) is 77.2 Å². The van der Waals surface area contributed by atoms with Crippen LogP contribution in [0.15, 0.2) is 54.6 Å². The van der Waals surface area contributed by atoms with Crippen LogP contribution in [0.2, 0.25) is 18.1 Å². The molecule has 0 bridgehead atoms. The van der Waals surface area contributed by atoms with Crippen molar-refractivity contribution in [3.05, 3.63) is 71.5 Å². The molecule has 3 heterocycles.